The smallest absolute Gasteiger partial charge is 0.272 e. The highest BCUT2D eigenvalue weighted by atomic mass is 35.5. The number of halogens is 1. The topological polar surface area (TPSA) is 133 Å². The van der Waals surface area contributed by atoms with Crippen LogP contribution < -0.4 is 14.8 Å². The van der Waals surface area contributed by atoms with E-state index < -0.39 is 6.04 Å². The molecule has 0 aliphatic carbocycles. The van der Waals surface area contributed by atoms with E-state index in [-0.39, 0.29) is 17.5 Å². The van der Waals surface area contributed by atoms with Crippen molar-refractivity contribution < 1.29 is 14.3 Å². The average Bonchev–Trinajstić information content (AvgIpc) is 3.62. The van der Waals surface area contributed by atoms with E-state index in [4.69, 9.17) is 26.2 Å². The molecular weight excluding hydrogens is 520 g/mol. The van der Waals surface area contributed by atoms with Crippen LogP contribution in [0.5, 0.6) is 11.5 Å². The highest BCUT2D eigenvalue weighted by Crippen LogP contribution is 2.40. The van der Waals surface area contributed by atoms with Crippen LogP contribution in [-0.4, -0.2) is 55.5 Å². The molecule has 1 atom stereocenters. The summed E-state index contributed by atoms with van der Waals surface area (Å²) in [6.07, 6.45) is 2.31. The van der Waals surface area contributed by atoms with E-state index in [0.717, 1.165) is 5.39 Å². The van der Waals surface area contributed by atoms with Gasteiger partial charge in [0.2, 0.25) is 0 Å². The number of carbonyl (C=O) groups is 1. The van der Waals surface area contributed by atoms with Gasteiger partial charge in [-0.25, -0.2) is 9.78 Å². The van der Waals surface area contributed by atoms with E-state index in [1.165, 1.54) is 0 Å². The first kappa shape index (κ1) is 26.1. The Morgan fingerprint density at radius 3 is 2.54 bits per heavy atom. The molecule has 3 aromatic heterocycles. The van der Waals surface area contributed by atoms with Gasteiger partial charge in [0.15, 0.2) is 11.5 Å². The third kappa shape index (κ3) is 5.26. The summed E-state index contributed by atoms with van der Waals surface area (Å²) in [6.45, 7) is 4.12. The van der Waals surface area contributed by atoms with Crippen molar-refractivity contribution >= 4 is 28.4 Å². The average molecular weight is 547 g/mol. The maximum atomic E-state index is 13.6. The van der Waals surface area contributed by atoms with Gasteiger partial charge >= 0.3 is 0 Å². The number of H-pyrrole nitrogens is 1. The minimum absolute atomic E-state index is 0.193. The van der Waals surface area contributed by atoms with E-state index in [1.807, 2.05) is 30.3 Å². The minimum atomic E-state index is -0.425. The van der Waals surface area contributed by atoms with E-state index in [0.29, 0.717) is 51.2 Å². The molecule has 0 fully saturated rings. The molecule has 0 radical (unpaired) electrons. The van der Waals surface area contributed by atoms with Crippen LogP contribution in [0.3, 0.4) is 0 Å². The number of hydrogen-bond acceptors (Lipinski definition) is 8. The fourth-order valence-electron chi connectivity index (χ4n) is 4.50. The Labute approximate surface area is 229 Å². The molecule has 0 spiro atoms. The third-order valence-corrected chi connectivity index (χ3v) is 6.48. The molecule has 0 saturated carbocycles. The number of ether oxygens (including phenoxy) is 2. The zero-order valence-electron chi connectivity index (χ0n) is 21.8. The number of aromatic amines is 1. The Kier molecular flexibility index (Phi) is 7.42. The molecule has 0 aliphatic heterocycles. The molecule has 1 amide bonds. The normalized spacial score (nSPS) is 12.1. The van der Waals surface area contributed by atoms with Gasteiger partial charge in [-0.1, -0.05) is 31.5 Å². The second-order valence-electron chi connectivity index (χ2n) is 9.30. The lowest BCUT2D eigenvalue weighted by Gasteiger charge is -2.17. The number of carbonyl (C=O) groups excluding carboxylic acids is 1. The molecule has 5 aromatic rings. The second kappa shape index (κ2) is 11.1. The largest absolute Gasteiger partial charge is 0.496 e. The zero-order chi connectivity index (χ0) is 27.5. The lowest BCUT2D eigenvalue weighted by Crippen LogP contribution is -2.30. The SMILES string of the molecule is COc1cccc(OC)c1-c1cc(C(=O)N[C@@H](CC(C)C)c2nnn[nH]2)nn1-c1ccnc2cc(Cl)ccc12. The predicted molar refractivity (Wildman–Crippen MR) is 146 cm³/mol. The minimum Gasteiger partial charge on any atom is -0.496 e. The van der Waals surface area contributed by atoms with Crippen molar-refractivity contribution in [1.82, 2.24) is 40.7 Å². The Morgan fingerprint density at radius 1 is 1.10 bits per heavy atom. The highest BCUT2D eigenvalue weighted by molar-refractivity contribution is 6.31. The molecule has 12 heteroatoms. The summed E-state index contributed by atoms with van der Waals surface area (Å²) in [4.78, 5) is 18.1. The Balaban J connectivity index is 1.67. The number of benzene rings is 2. The monoisotopic (exact) mass is 546 g/mol. The van der Waals surface area contributed by atoms with Gasteiger partial charge in [0.05, 0.1) is 42.7 Å². The maximum Gasteiger partial charge on any atom is 0.272 e. The summed E-state index contributed by atoms with van der Waals surface area (Å²) in [5, 5.41) is 23.3. The van der Waals surface area contributed by atoms with Crippen LogP contribution in [0, 0.1) is 5.92 Å². The van der Waals surface area contributed by atoms with E-state index >= 15 is 0 Å². The van der Waals surface area contributed by atoms with Crippen molar-refractivity contribution in [3.05, 3.63) is 71.3 Å². The van der Waals surface area contributed by atoms with Crippen molar-refractivity contribution in [2.24, 2.45) is 5.92 Å². The summed E-state index contributed by atoms with van der Waals surface area (Å²) < 4.78 is 13.1. The first-order valence-corrected chi connectivity index (χ1v) is 12.7. The number of fused-ring (bicyclic) bond motifs is 1. The molecule has 0 unspecified atom stereocenters. The van der Waals surface area contributed by atoms with Crippen molar-refractivity contribution in [3.63, 3.8) is 0 Å². The lowest BCUT2D eigenvalue weighted by molar-refractivity contribution is 0.0924. The van der Waals surface area contributed by atoms with Crippen LogP contribution in [-0.2, 0) is 0 Å². The number of nitrogens with one attached hydrogen (secondary N) is 2. The Hall–Kier alpha value is -4.51. The second-order valence-corrected chi connectivity index (χ2v) is 9.73. The molecule has 2 aromatic carbocycles. The molecule has 5 rings (SSSR count). The van der Waals surface area contributed by atoms with Crippen molar-refractivity contribution in [2.45, 2.75) is 26.3 Å². The fourth-order valence-corrected chi connectivity index (χ4v) is 4.67. The number of tetrazole rings is 1. The van der Waals surface area contributed by atoms with Crippen LogP contribution in [0.2, 0.25) is 5.02 Å². The molecule has 0 saturated heterocycles. The van der Waals surface area contributed by atoms with Crippen LogP contribution in [0.1, 0.15) is 42.6 Å². The summed E-state index contributed by atoms with van der Waals surface area (Å²) in [5.41, 5.74) is 2.83. The van der Waals surface area contributed by atoms with Crippen molar-refractivity contribution in [1.29, 1.82) is 0 Å². The molecular formula is C27H27ClN8O3. The van der Waals surface area contributed by atoms with Gasteiger partial charge in [-0.2, -0.15) is 5.10 Å². The number of rotatable bonds is 9. The van der Waals surface area contributed by atoms with Gasteiger partial charge < -0.3 is 14.8 Å². The summed E-state index contributed by atoms with van der Waals surface area (Å²) in [7, 11) is 3.16. The molecule has 0 aliphatic rings. The van der Waals surface area contributed by atoms with E-state index in [1.54, 1.807) is 43.3 Å². The van der Waals surface area contributed by atoms with E-state index in [2.05, 4.69) is 44.8 Å². The standard InChI is InChI=1S/C27H27ClN8O3/c1-15(2)12-19(26-31-34-35-32-26)30-27(37)20-14-22(25-23(38-3)6-5-7-24(25)39-4)36(33-20)21-10-11-29-18-13-16(28)8-9-17(18)21/h5-11,13-15,19H,12H2,1-4H3,(H,30,37)(H,31,32,34,35)/t19-/m0/s1. The molecule has 3 heterocycles. The van der Waals surface area contributed by atoms with Crippen LogP contribution in [0.4, 0.5) is 0 Å². The number of amides is 1. The van der Waals surface area contributed by atoms with Crippen LogP contribution in [0.25, 0.3) is 27.8 Å². The van der Waals surface area contributed by atoms with Gasteiger partial charge in [-0.15, -0.1) is 5.10 Å². The number of pyridine rings is 1. The molecule has 0 bridgehead atoms. The first-order chi connectivity index (χ1) is 18.9. The van der Waals surface area contributed by atoms with Gasteiger partial charge in [0.1, 0.15) is 11.5 Å². The number of nitrogens with zero attached hydrogens (tertiary/aromatic N) is 6. The van der Waals surface area contributed by atoms with Gasteiger partial charge in [0, 0.05) is 16.6 Å². The fraction of sp³-hybridized carbons (Fsp3) is 0.259. The molecule has 2 N–H and O–H groups in total. The summed E-state index contributed by atoms with van der Waals surface area (Å²) in [5.74, 6) is 1.50. The zero-order valence-corrected chi connectivity index (χ0v) is 22.6. The summed E-state index contributed by atoms with van der Waals surface area (Å²) in [6, 6.07) is 14.1. The Morgan fingerprint density at radius 2 is 1.87 bits per heavy atom. The molecule has 11 nitrogen and oxygen atoms in total. The number of aromatic nitrogens is 7. The highest BCUT2D eigenvalue weighted by Gasteiger charge is 2.26. The molecule has 200 valence electrons. The number of methoxy groups -OCH3 is 2. The first-order valence-electron chi connectivity index (χ1n) is 12.3. The van der Waals surface area contributed by atoms with Gasteiger partial charge in [0.25, 0.3) is 5.91 Å². The Bertz CT molecular complexity index is 1590. The third-order valence-electron chi connectivity index (χ3n) is 6.24. The van der Waals surface area contributed by atoms with Gasteiger partial charge in [-0.3, -0.25) is 9.78 Å². The number of hydrogen-bond donors (Lipinski definition) is 2. The molecule has 39 heavy (non-hydrogen) atoms. The maximum absolute atomic E-state index is 13.6. The predicted octanol–water partition coefficient (Wildman–Crippen LogP) is 4.79. The van der Waals surface area contributed by atoms with Crippen LogP contribution >= 0.6 is 11.6 Å². The summed E-state index contributed by atoms with van der Waals surface area (Å²) >= 11 is 6.23. The quantitative estimate of drug-likeness (QED) is 0.270. The van der Waals surface area contributed by atoms with Gasteiger partial charge in [-0.05, 0) is 65.2 Å². The lowest BCUT2D eigenvalue weighted by atomic mass is 10.0. The van der Waals surface area contributed by atoms with Crippen LogP contribution in [0.15, 0.2) is 54.7 Å². The van der Waals surface area contributed by atoms with Crippen molar-refractivity contribution in [2.75, 3.05) is 14.2 Å². The van der Waals surface area contributed by atoms with E-state index in [9.17, 15) is 4.79 Å². The van der Waals surface area contributed by atoms with Crippen molar-refractivity contribution in [3.8, 4) is 28.4 Å².